The molecular weight excluding hydrogens is 656 g/mol. The topological polar surface area (TPSA) is 209 Å². The van der Waals surface area contributed by atoms with Crippen molar-refractivity contribution in [2.24, 2.45) is 0 Å². The number of hydrogen-bond donors (Lipinski definition) is 0. The van der Waals surface area contributed by atoms with Gasteiger partial charge in [0.05, 0.1) is 0 Å². The third-order valence-corrected chi connectivity index (χ3v) is 3.96. The van der Waals surface area contributed by atoms with Gasteiger partial charge in [-0.3, -0.25) is 28.8 Å². The van der Waals surface area contributed by atoms with Gasteiger partial charge in [0.15, 0.2) is 0 Å². The standard InChI is InChI=1S/3C10H14O5.Fe/c3*1-7(2)10(13)15-5-4-14-9(12)6-8(3)11;/h3*1,4-6H2,2-3H3;/q;;;+3. The Balaban J connectivity index is -0.000000285. The molecule has 0 aliphatic rings. The van der Waals surface area contributed by atoms with Crippen molar-refractivity contribution in [1.29, 1.82) is 0 Å². The van der Waals surface area contributed by atoms with Crippen LogP contribution in [0.25, 0.3) is 0 Å². The summed E-state index contributed by atoms with van der Waals surface area (Å²) in [4.78, 5) is 96.5. The molecule has 0 spiro atoms. The average Bonchev–Trinajstić information content (AvgIpc) is 2.90. The number of hydrogen-bond acceptors (Lipinski definition) is 15. The SMILES string of the molecule is C=C(C)C(=O)OCCOC(=O)CC(C)=O.C=C(C)C(=O)OCCOC(=O)CC(C)=O.C=C(C)C(=O)OCCOC(=O)CC(C)=O.[Fe+3]. The zero-order valence-corrected chi connectivity index (χ0v) is 28.1. The van der Waals surface area contributed by atoms with E-state index in [0.717, 1.165) is 0 Å². The van der Waals surface area contributed by atoms with Gasteiger partial charge in [0.2, 0.25) is 0 Å². The maximum absolute atomic E-state index is 10.8. The van der Waals surface area contributed by atoms with Crippen LogP contribution >= 0.6 is 0 Å². The van der Waals surface area contributed by atoms with Gasteiger partial charge in [-0.2, -0.15) is 0 Å². The van der Waals surface area contributed by atoms with Crippen molar-refractivity contribution in [2.75, 3.05) is 39.6 Å². The third kappa shape index (κ3) is 35.8. The molecule has 0 rings (SSSR count). The van der Waals surface area contributed by atoms with E-state index in [0.29, 0.717) is 0 Å². The third-order valence-electron chi connectivity index (χ3n) is 3.96. The van der Waals surface area contributed by atoms with E-state index in [9.17, 15) is 43.2 Å². The van der Waals surface area contributed by atoms with Gasteiger partial charge >= 0.3 is 52.9 Å². The fourth-order valence-corrected chi connectivity index (χ4v) is 2.00. The number of ether oxygens (including phenoxy) is 6. The zero-order chi connectivity index (χ0) is 35.5. The summed E-state index contributed by atoms with van der Waals surface area (Å²) in [5, 5.41) is 0. The molecule has 16 heteroatoms. The Kier molecular flexibility index (Phi) is 30.9. The molecular formula is C30H42FeO15+3. The number of esters is 6. The van der Waals surface area contributed by atoms with Crippen LogP contribution in [0.3, 0.4) is 0 Å². The largest absolute Gasteiger partial charge is 3.00 e. The molecule has 0 aliphatic carbocycles. The predicted molar refractivity (Wildman–Crippen MR) is 156 cm³/mol. The molecule has 0 aromatic rings. The molecule has 0 saturated heterocycles. The normalized spacial score (nSPS) is 9.00. The predicted octanol–water partition coefficient (Wildman–Crippen LogP) is 1.88. The summed E-state index contributed by atoms with van der Waals surface area (Å²) >= 11 is 0. The van der Waals surface area contributed by atoms with E-state index >= 15 is 0 Å². The maximum Gasteiger partial charge on any atom is 3.00 e. The van der Waals surface area contributed by atoms with Crippen molar-refractivity contribution < 1.29 is 88.6 Å². The second-order valence-corrected chi connectivity index (χ2v) is 9.05. The van der Waals surface area contributed by atoms with Crippen molar-refractivity contribution in [3.05, 3.63) is 36.5 Å². The average molecular weight is 698 g/mol. The zero-order valence-electron chi connectivity index (χ0n) is 27.0. The van der Waals surface area contributed by atoms with E-state index in [1.54, 1.807) is 0 Å². The summed E-state index contributed by atoms with van der Waals surface area (Å²) in [5.41, 5.74) is 0.847. The summed E-state index contributed by atoms with van der Waals surface area (Å²) in [6.07, 6.45) is -0.767. The second kappa shape index (κ2) is 29.3. The molecule has 0 saturated carbocycles. The van der Waals surface area contributed by atoms with Gasteiger partial charge in [-0.05, 0) is 41.5 Å². The number of Topliss-reactive ketones (excluding diaryl/α,β-unsaturated/α-hetero) is 3. The molecule has 0 atom stereocenters. The molecule has 0 aromatic heterocycles. The number of carbonyl (C=O) groups excluding carboxylic acids is 9. The van der Waals surface area contributed by atoms with Crippen LogP contribution in [0.2, 0.25) is 0 Å². The molecule has 0 bridgehead atoms. The molecule has 0 heterocycles. The van der Waals surface area contributed by atoms with Gasteiger partial charge < -0.3 is 28.4 Å². The Hall–Kier alpha value is -4.43. The van der Waals surface area contributed by atoms with Crippen LogP contribution in [0.1, 0.15) is 60.8 Å². The van der Waals surface area contributed by atoms with Crippen LogP contribution < -0.4 is 0 Å². The first kappa shape index (κ1) is 48.5. The van der Waals surface area contributed by atoms with Crippen molar-refractivity contribution in [2.45, 2.75) is 60.8 Å². The smallest absolute Gasteiger partial charge is 0.462 e. The number of ketones is 3. The van der Waals surface area contributed by atoms with Gasteiger partial charge in [-0.1, -0.05) is 19.7 Å². The van der Waals surface area contributed by atoms with Crippen molar-refractivity contribution >= 4 is 53.2 Å². The van der Waals surface area contributed by atoms with Gasteiger partial charge in [0.1, 0.15) is 76.3 Å². The van der Waals surface area contributed by atoms with E-state index in [4.69, 9.17) is 0 Å². The van der Waals surface area contributed by atoms with Crippen LogP contribution in [-0.2, 0) is 88.6 Å². The second-order valence-electron chi connectivity index (χ2n) is 9.05. The minimum Gasteiger partial charge on any atom is -0.462 e. The molecule has 0 fully saturated rings. The first-order valence-corrected chi connectivity index (χ1v) is 13.2. The summed E-state index contributed by atoms with van der Waals surface area (Å²) in [7, 11) is 0. The summed E-state index contributed by atoms with van der Waals surface area (Å²) in [5.74, 6) is -4.23. The molecule has 0 aliphatic heterocycles. The van der Waals surface area contributed by atoms with Gasteiger partial charge in [-0.15, -0.1) is 0 Å². The molecule has 15 nitrogen and oxygen atoms in total. The van der Waals surface area contributed by atoms with E-state index in [2.05, 4.69) is 48.2 Å². The van der Waals surface area contributed by atoms with Gasteiger partial charge in [0, 0.05) is 16.7 Å². The molecule has 257 valence electrons. The van der Waals surface area contributed by atoms with Crippen molar-refractivity contribution in [3.63, 3.8) is 0 Å². The maximum atomic E-state index is 10.8. The van der Waals surface area contributed by atoms with Crippen LogP contribution in [-0.4, -0.2) is 92.8 Å². The summed E-state index contributed by atoms with van der Waals surface area (Å²) in [6, 6.07) is 0. The van der Waals surface area contributed by atoms with Crippen LogP contribution in [0.5, 0.6) is 0 Å². The Morgan fingerprint density at radius 2 is 0.543 bits per heavy atom. The van der Waals surface area contributed by atoms with Crippen molar-refractivity contribution in [1.82, 2.24) is 0 Å². The van der Waals surface area contributed by atoms with E-state index in [1.807, 2.05) is 0 Å². The monoisotopic (exact) mass is 698 g/mol. The number of rotatable bonds is 18. The minimum atomic E-state index is -0.617. The van der Waals surface area contributed by atoms with E-state index in [-0.39, 0.29) is 110 Å². The fourth-order valence-electron chi connectivity index (χ4n) is 2.00. The Labute approximate surface area is 278 Å². The van der Waals surface area contributed by atoms with Gasteiger partial charge in [-0.25, -0.2) is 14.4 Å². The van der Waals surface area contributed by atoms with Crippen LogP contribution in [0, 0.1) is 0 Å². The Morgan fingerprint density at radius 3 is 0.696 bits per heavy atom. The van der Waals surface area contributed by atoms with Crippen LogP contribution in [0.4, 0.5) is 0 Å². The summed E-state index contributed by atoms with van der Waals surface area (Å²) < 4.78 is 27.8. The van der Waals surface area contributed by atoms with Crippen molar-refractivity contribution in [3.8, 4) is 0 Å². The first-order chi connectivity index (χ1) is 20.8. The molecule has 0 aromatic carbocycles. The molecule has 0 N–H and O–H groups in total. The Bertz CT molecular complexity index is 983. The van der Waals surface area contributed by atoms with E-state index < -0.39 is 35.8 Å². The molecule has 0 unspecified atom stereocenters. The Morgan fingerprint density at radius 1 is 0.370 bits per heavy atom. The number of carbonyl (C=O) groups is 9. The van der Waals surface area contributed by atoms with Crippen LogP contribution in [0.15, 0.2) is 36.5 Å². The van der Waals surface area contributed by atoms with E-state index in [1.165, 1.54) is 41.5 Å². The fraction of sp³-hybridized carbons (Fsp3) is 0.500. The molecule has 0 amide bonds. The molecule has 1 radical (unpaired) electrons. The minimum absolute atomic E-state index is 0. The van der Waals surface area contributed by atoms with Gasteiger partial charge in [0.25, 0.3) is 0 Å². The quantitative estimate of drug-likeness (QED) is 0.0500. The summed E-state index contributed by atoms with van der Waals surface area (Å²) in [6.45, 7) is 18.3. The first-order valence-electron chi connectivity index (χ1n) is 13.2. The molecule has 46 heavy (non-hydrogen) atoms.